The van der Waals surface area contributed by atoms with Gasteiger partial charge in [0.1, 0.15) is 0 Å². The smallest absolute Gasteiger partial charge is 1.00 e. The molecule has 0 N–H and O–H groups in total. The molecule has 0 aliphatic heterocycles. The van der Waals surface area contributed by atoms with E-state index in [1.165, 1.54) is 88.6 Å². The van der Waals surface area contributed by atoms with Gasteiger partial charge in [0.15, 0.2) is 0 Å². The molecule has 45 heavy (non-hydrogen) atoms. The molecule has 0 radical (unpaired) electrons. The van der Waals surface area contributed by atoms with Crippen molar-refractivity contribution < 1.29 is 49.0 Å². The van der Waals surface area contributed by atoms with Crippen LogP contribution in [0.2, 0.25) is 0 Å². The normalized spacial score (nSPS) is 18.2. The fourth-order valence-corrected chi connectivity index (χ4v) is 7.23. The maximum Gasteiger partial charge on any atom is -1.00 e. The van der Waals surface area contributed by atoms with E-state index in [4.69, 9.17) is 0 Å². The molecule has 3 heteroatoms. The first-order valence-electron chi connectivity index (χ1n) is 16.7. The average molecular weight is 721 g/mol. The number of halogens is 2. The van der Waals surface area contributed by atoms with Crippen molar-refractivity contribution in [2.45, 2.75) is 125 Å². The van der Waals surface area contributed by atoms with Crippen molar-refractivity contribution in [3.63, 3.8) is 0 Å². The van der Waals surface area contributed by atoms with Gasteiger partial charge in [-0.3, -0.25) is 12.2 Å². The Bertz CT molecular complexity index is 1390. The third-order valence-corrected chi connectivity index (χ3v) is 10.5. The molecular formula is C42H54Cl2Zr-2. The Balaban J connectivity index is 0.000000271. The first-order chi connectivity index (χ1) is 20.2. The summed E-state index contributed by atoms with van der Waals surface area (Å²) in [5.41, 5.74) is 13.4. The Morgan fingerprint density at radius 1 is 0.844 bits per heavy atom. The Morgan fingerprint density at radius 2 is 1.40 bits per heavy atom. The largest absolute Gasteiger partial charge is 1.00 e. The summed E-state index contributed by atoms with van der Waals surface area (Å²) >= 11 is 1.67. The van der Waals surface area contributed by atoms with Gasteiger partial charge < -0.3 is 24.8 Å². The standard InChI is InChI=1S/C23H21.C10H15.C9H18.2ClH.Zr/c1-22(2)7-5-14-10-18-16(12-20(14)22)9-17-13-21-15(11-19(17)18)6-8-23(21,3)4;1-8-5-6-9(7-8)10(2,3)4;1-3-5-7-9-8-6-4-2;;;/h5-7,10-13H,9H2,1-4H3;6-8H,1-4H3;3-8H2,1-2H3;2*1H;/q2*-1;;;;+2/p-2. The van der Waals surface area contributed by atoms with Crippen molar-refractivity contribution >= 4 is 15.4 Å². The van der Waals surface area contributed by atoms with Gasteiger partial charge in [0, 0.05) is 5.41 Å². The Hall–Kier alpha value is -1.27. The molecule has 0 saturated heterocycles. The second-order valence-corrected chi connectivity index (χ2v) is 16.9. The van der Waals surface area contributed by atoms with E-state index in [1.54, 1.807) is 27.4 Å². The fraction of sp³-hybridized carbons (Fsp3) is 0.500. The van der Waals surface area contributed by atoms with Crippen molar-refractivity contribution in [1.82, 2.24) is 0 Å². The zero-order chi connectivity index (χ0) is 31.6. The third-order valence-electron chi connectivity index (χ3n) is 9.32. The molecule has 0 spiro atoms. The molecule has 0 heterocycles. The molecule has 4 aliphatic rings. The molecule has 1 atom stereocenters. The Kier molecular flexibility index (Phi) is 14.4. The van der Waals surface area contributed by atoms with E-state index < -0.39 is 0 Å². The molecule has 0 amide bonds. The molecule has 242 valence electrons. The van der Waals surface area contributed by atoms with Crippen molar-refractivity contribution in [1.29, 1.82) is 0 Å². The van der Waals surface area contributed by atoms with E-state index in [9.17, 15) is 0 Å². The first-order valence-corrected chi connectivity index (χ1v) is 17.9. The SMILES string of the molecule is CC1(C)[C-]=Cc2cc3c(cc21)Cc1cc2c(cc1-3)C=CC2(C)C.CC1[C-]=CC(C(C)(C)C)=C1.CCCC[C](=[Zr+2])CCCC.[Cl-].[Cl-]. The number of hydrogen-bond acceptors (Lipinski definition) is 0. The van der Waals surface area contributed by atoms with Gasteiger partial charge in [0.05, 0.1) is 0 Å². The zero-order valence-electron chi connectivity index (χ0n) is 29.5. The number of allylic oxidation sites excluding steroid dienone is 6. The molecule has 0 nitrogen and oxygen atoms in total. The minimum Gasteiger partial charge on any atom is -1.00 e. The van der Waals surface area contributed by atoms with Gasteiger partial charge in [-0.2, -0.15) is 17.2 Å². The van der Waals surface area contributed by atoms with Gasteiger partial charge in [-0.25, -0.2) is 12.2 Å². The Morgan fingerprint density at radius 3 is 1.89 bits per heavy atom. The summed E-state index contributed by atoms with van der Waals surface area (Å²) in [4.78, 5) is 0. The van der Waals surface area contributed by atoms with Crippen LogP contribution < -0.4 is 24.8 Å². The van der Waals surface area contributed by atoms with E-state index in [0.29, 0.717) is 11.3 Å². The predicted molar refractivity (Wildman–Crippen MR) is 186 cm³/mol. The molecule has 0 saturated carbocycles. The van der Waals surface area contributed by atoms with Crippen LogP contribution in [0.4, 0.5) is 0 Å². The molecule has 0 bridgehead atoms. The van der Waals surface area contributed by atoms with Crippen LogP contribution in [0.15, 0.2) is 48.1 Å². The van der Waals surface area contributed by atoms with Gasteiger partial charge in [-0.1, -0.05) is 96.4 Å². The second kappa shape index (κ2) is 16.2. The molecule has 0 fully saturated rings. The van der Waals surface area contributed by atoms with Crippen molar-refractivity contribution in [3.8, 4) is 11.1 Å². The summed E-state index contributed by atoms with van der Waals surface area (Å²) < 4.78 is 1.79. The molecule has 0 aromatic heterocycles. The Labute approximate surface area is 303 Å². The van der Waals surface area contributed by atoms with Gasteiger partial charge in [-0.15, -0.1) is 11.6 Å². The van der Waals surface area contributed by atoms with Crippen molar-refractivity contribution in [3.05, 3.63) is 93.6 Å². The third kappa shape index (κ3) is 9.65. The van der Waals surface area contributed by atoms with Crippen LogP contribution in [-0.4, -0.2) is 3.21 Å². The summed E-state index contributed by atoms with van der Waals surface area (Å²) in [6.07, 6.45) is 27.3. The van der Waals surface area contributed by atoms with Gasteiger partial charge in [-0.05, 0) is 45.9 Å². The van der Waals surface area contributed by atoms with Crippen LogP contribution in [-0.2, 0) is 41.5 Å². The molecule has 2 aromatic carbocycles. The van der Waals surface area contributed by atoms with E-state index in [2.05, 4.69) is 136 Å². The van der Waals surface area contributed by atoms with Crippen LogP contribution >= 0.6 is 0 Å². The van der Waals surface area contributed by atoms with E-state index >= 15 is 0 Å². The predicted octanol–water partition coefficient (Wildman–Crippen LogP) is 5.73. The summed E-state index contributed by atoms with van der Waals surface area (Å²) in [5.74, 6) is 0.522. The van der Waals surface area contributed by atoms with Gasteiger partial charge in [0.2, 0.25) is 0 Å². The van der Waals surface area contributed by atoms with Crippen molar-refractivity contribution in [2.24, 2.45) is 11.3 Å². The van der Waals surface area contributed by atoms with Crippen LogP contribution in [0.3, 0.4) is 0 Å². The number of hydrogen-bond donors (Lipinski definition) is 0. The summed E-state index contributed by atoms with van der Waals surface area (Å²) in [6.45, 7) is 22.5. The van der Waals surface area contributed by atoms with Gasteiger partial charge >= 0.3 is 79.8 Å². The summed E-state index contributed by atoms with van der Waals surface area (Å²) in [5, 5.41) is 0. The van der Waals surface area contributed by atoms with Gasteiger partial charge in [0.25, 0.3) is 0 Å². The number of benzene rings is 2. The number of unbranched alkanes of at least 4 members (excludes halogenated alkanes) is 2. The molecular weight excluding hydrogens is 667 g/mol. The average Bonchev–Trinajstić information content (AvgIpc) is 3.69. The molecule has 1 unspecified atom stereocenters. The maximum atomic E-state index is 3.50. The first kappa shape index (κ1) is 39.9. The van der Waals surface area contributed by atoms with Crippen molar-refractivity contribution in [2.75, 3.05) is 0 Å². The molecule has 2 aromatic rings. The van der Waals surface area contributed by atoms with Crippen LogP contribution in [0.5, 0.6) is 0 Å². The minimum absolute atomic E-state index is 0. The topological polar surface area (TPSA) is 0 Å². The second-order valence-electron chi connectivity index (χ2n) is 15.1. The van der Waals surface area contributed by atoms with Crippen LogP contribution in [0.25, 0.3) is 23.3 Å². The minimum atomic E-state index is 0. The quantitative estimate of drug-likeness (QED) is 0.286. The van der Waals surface area contributed by atoms with Crippen LogP contribution in [0, 0.1) is 23.5 Å². The maximum absolute atomic E-state index is 3.50. The van der Waals surface area contributed by atoms with E-state index in [1.807, 2.05) is 0 Å². The number of fused-ring (bicyclic) bond motifs is 5. The van der Waals surface area contributed by atoms with Crippen LogP contribution in [0.1, 0.15) is 141 Å². The summed E-state index contributed by atoms with van der Waals surface area (Å²) in [7, 11) is 0. The monoisotopic (exact) mass is 718 g/mol. The van der Waals surface area contributed by atoms with E-state index in [-0.39, 0.29) is 35.6 Å². The van der Waals surface area contributed by atoms with E-state index in [0.717, 1.165) is 6.42 Å². The number of rotatable bonds is 6. The fourth-order valence-electron chi connectivity index (χ4n) is 6.36. The summed E-state index contributed by atoms with van der Waals surface area (Å²) in [6, 6.07) is 9.66. The molecule has 6 rings (SSSR count). The zero-order valence-corrected chi connectivity index (χ0v) is 33.4. The molecule has 4 aliphatic carbocycles.